The van der Waals surface area contributed by atoms with Crippen molar-refractivity contribution in [1.29, 1.82) is 0 Å². The van der Waals surface area contributed by atoms with Crippen LogP contribution in [-0.2, 0) is 24.0 Å². The molecule has 0 rings (SSSR count). The lowest BCUT2D eigenvalue weighted by Gasteiger charge is -2.27. The van der Waals surface area contributed by atoms with Crippen molar-refractivity contribution in [2.45, 2.75) is 78.0 Å². The number of aliphatic carboxylic acids is 1. The van der Waals surface area contributed by atoms with Crippen molar-refractivity contribution in [1.82, 2.24) is 16.0 Å². The lowest BCUT2D eigenvalue weighted by Crippen LogP contribution is -2.58. The predicted octanol–water partition coefficient (Wildman–Crippen LogP) is -1.16. The van der Waals surface area contributed by atoms with E-state index in [9.17, 15) is 29.1 Å². The number of hydrogen-bond acceptors (Lipinski definition) is 6. The average molecular weight is 430 g/mol. The van der Waals surface area contributed by atoms with Gasteiger partial charge in [-0.1, -0.05) is 27.7 Å². The van der Waals surface area contributed by atoms with Crippen molar-refractivity contribution in [2.24, 2.45) is 23.3 Å². The minimum absolute atomic E-state index is 0.00565. The molecule has 11 heteroatoms. The fraction of sp³-hybridized carbons (Fsp3) is 0.737. The molecule has 0 radical (unpaired) electrons. The van der Waals surface area contributed by atoms with E-state index in [1.807, 2.05) is 13.8 Å². The Bertz CT molecular complexity index is 635. The van der Waals surface area contributed by atoms with E-state index in [1.165, 1.54) is 6.92 Å². The van der Waals surface area contributed by atoms with Crippen LogP contribution in [0.4, 0.5) is 0 Å². The van der Waals surface area contributed by atoms with Crippen LogP contribution >= 0.6 is 0 Å². The summed E-state index contributed by atoms with van der Waals surface area (Å²) >= 11 is 0. The molecular weight excluding hydrogens is 394 g/mol. The maximum atomic E-state index is 12.7. The average Bonchev–Trinajstić information content (AvgIpc) is 2.60. The van der Waals surface area contributed by atoms with Gasteiger partial charge in [0.1, 0.15) is 18.1 Å². The fourth-order valence-corrected chi connectivity index (χ4v) is 2.60. The minimum atomic E-state index is -1.32. The molecule has 30 heavy (non-hydrogen) atoms. The maximum Gasteiger partial charge on any atom is 0.326 e. The van der Waals surface area contributed by atoms with Crippen molar-refractivity contribution >= 4 is 29.6 Å². The third-order valence-corrected chi connectivity index (χ3v) is 4.29. The van der Waals surface area contributed by atoms with Crippen LogP contribution in [0.25, 0.3) is 0 Å². The maximum absolute atomic E-state index is 12.7. The van der Waals surface area contributed by atoms with Crippen molar-refractivity contribution in [3.8, 4) is 0 Å². The Labute approximate surface area is 176 Å². The Morgan fingerprint density at radius 2 is 1.37 bits per heavy atom. The first-order valence-electron chi connectivity index (χ1n) is 9.94. The summed E-state index contributed by atoms with van der Waals surface area (Å²) in [6.07, 6.45) is -0.138. The van der Waals surface area contributed by atoms with Gasteiger partial charge in [0.2, 0.25) is 23.6 Å². The van der Waals surface area contributed by atoms with Crippen LogP contribution in [-0.4, -0.2) is 58.9 Å². The predicted molar refractivity (Wildman–Crippen MR) is 110 cm³/mol. The number of carbonyl (C=O) groups is 5. The molecule has 11 nitrogen and oxygen atoms in total. The zero-order valence-corrected chi connectivity index (χ0v) is 18.2. The highest BCUT2D eigenvalue weighted by Crippen LogP contribution is 2.09. The first-order chi connectivity index (χ1) is 13.8. The number of primary amides is 1. The van der Waals surface area contributed by atoms with Crippen molar-refractivity contribution < 1.29 is 29.1 Å². The fourth-order valence-electron chi connectivity index (χ4n) is 2.60. The Balaban J connectivity index is 5.38. The molecule has 0 aromatic rings. The standard InChI is InChI=1S/C19H35N5O6/c1-9(2)8-13(17(27)22-12(19(29)30)6-7-14(21)25)23-18(28)15(10(3)4)24-16(26)11(5)20/h9-13,15H,6-8,20H2,1-5H3,(H2,21,25)(H,22,27)(H,23,28)(H,24,26)(H,29,30). The molecule has 8 N–H and O–H groups in total. The summed E-state index contributed by atoms with van der Waals surface area (Å²) in [4.78, 5) is 59.7. The molecule has 0 heterocycles. The lowest BCUT2D eigenvalue weighted by molar-refractivity contribution is -0.142. The van der Waals surface area contributed by atoms with E-state index in [-0.39, 0.29) is 31.1 Å². The number of amides is 4. The molecule has 0 aromatic heterocycles. The van der Waals surface area contributed by atoms with Crippen LogP contribution in [0, 0.1) is 11.8 Å². The molecular formula is C19H35N5O6. The summed E-state index contributed by atoms with van der Waals surface area (Å²) in [6.45, 7) is 8.62. The van der Waals surface area contributed by atoms with E-state index in [1.54, 1.807) is 13.8 Å². The minimum Gasteiger partial charge on any atom is -0.480 e. The van der Waals surface area contributed by atoms with Gasteiger partial charge in [-0.05, 0) is 31.6 Å². The number of carboxylic acids is 1. The zero-order chi connectivity index (χ0) is 23.6. The van der Waals surface area contributed by atoms with Gasteiger partial charge in [-0.2, -0.15) is 0 Å². The van der Waals surface area contributed by atoms with Gasteiger partial charge in [0.05, 0.1) is 6.04 Å². The summed E-state index contributed by atoms with van der Waals surface area (Å²) in [6, 6.07) is -4.08. The van der Waals surface area contributed by atoms with Gasteiger partial charge in [0.25, 0.3) is 0 Å². The smallest absolute Gasteiger partial charge is 0.326 e. The van der Waals surface area contributed by atoms with Gasteiger partial charge >= 0.3 is 5.97 Å². The number of hydrogen-bond donors (Lipinski definition) is 6. The van der Waals surface area contributed by atoms with E-state index in [0.717, 1.165) is 0 Å². The molecule has 172 valence electrons. The monoisotopic (exact) mass is 429 g/mol. The first kappa shape index (κ1) is 27.3. The second-order valence-electron chi connectivity index (χ2n) is 8.11. The van der Waals surface area contributed by atoms with E-state index >= 15 is 0 Å². The summed E-state index contributed by atoms with van der Waals surface area (Å²) in [7, 11) is 0. The number of carboxylic acid groups (broad SMARTS) is 1. The van der Waals surface area contributed by atoms with Crippen LogP contribution in [0.5, 0.6) is 0 Å². The number of nitrogens with one attached hydrogen (secondary N) is 3. The van der Waals surface area contributed by atoms with E-state index in [4.69, 9.17) is 11.5 Å². The van der Waals surface area contributed by atoms with Crippen molar-refractivity contribution in [2.75, 3.05) is 0 Å². The molecule has 0 aromatic carbocycles. The molecule has 0 aliphatic heterocycles. The molecule has 0 spiro atoms. The van der Waals surface area contributed by atoms with Gasteiger partial charge in [0.15, 0.2) is 0 Å². The molecule has 0 saturated carbocycles. The zero-order valence-electron chi connectivity index (χ0n) is 18.2. The molecule has 0 saturated heterocycles. The normalized spacial score (nSPS) is 15.1. The molecule has 0 bridgehead atoms. The van der Waals surface area contributed by atoms with Crippen LogP contribution in [0.2, 0.25) is 0 Å². The van der Waals surface area contributed by atoms with Crippen LogP contribution in [0.1, 0.15) is 53.9 Å². The highest BCUT2D eigenvalue weighted by molar-refractivity contribution is 5.94. The van der Waals surface area contributed by atoms with Gasteiger partial charge < -0.3 is 32.5 Å². The highest BCUT2D eigenvalue weighted by atomic mass is 16.4. The molecule has 0 fully saturated rings. The third-order valence-electron chi connectivity index (χ3n) is 4.29. The van der Waals surface area contributed by atoms with E-state index < -0.39 is 53.8 Å². The molecule has 0 aliphatic rings. The second kappa shape index (κ2) is 12.8. The van der Waals surface area contributed by atoms with Crippen LogP contribution in [0.15, 0.2) is 0 Å². The Kier molecular flexibility index (Phi) is 11.6. The van der Waals surface area contributed by atoms with Crippen LogP contribution in [0.3, 0.4) is 0 Å². The Morgan fingerprint density at radius 1 is 0.833 bits per heavy atom. The molecule has 4 amide bonds. The van der Waals surface area contributed by atoms with Crippen LogP contribution < -0.4 is 27.4 Å². The quantitative estimate of drug-likeness (QED) is 0.212. The third kappa shape index (κ3) is 10.2. The topological polar surface area (TPSA) is 194 Å². The van der Waals surface area contributed by atoms with Gasteiger partial charge in [-0.25, -0.2) is 4.79 Å². The van der Waals surface area contributed by atoms with Gasteiger partial charge in [-0.3, -0.25) is 19.2 Å². The number of nitrogens with two attached hydrogens (primary N) is 2. The highest BCUT2D eigenvalue weighted by Gasteiger charge is 2.31. The van der Waals surface area contributed by atoms with Crippen molar-refractivity contribution in [3.63, 3.8) is 0 Å². The first-order valence-corrected chi connectivity index (χ1v) is 9.94. The summed E-state index contributed by atoms with van der Waals surface area (Å²) in [5.41, 5.74) is 10.6. The summed E-state index contributed by atoms with van der Waals surface area (Å²) < 4.78 is 0. The lowest BCUT2D eigenvalue weighted by atomic mass is 9.99. The Morgan fingerprint density at radius 3 is 1.77 bits per heavy atom. The SMILES string of the molecule is CC(C)CC(NC(=O)C(NC(=O)C(C)N)C(C)C)C(=O)NC(CCC(N)=O)C(=O)O. The molecule has 4 atom stereocenters. The molecule has 4 unspecified atom stereocenters. The summed E-state index contributed by atoms with van der Waals surface area (Å²) in [5.74, 6) is -4.07. The van der Waals surface area contributed by atoms with Gasteiger partial charge in [-0.15, -0.1) is 0 Å². The summed E-state index contributed by atoms with van der Waals surface area (Å²) in [5, 5.41) is 16.8. The number of carbonyl (C=O) groups excluding carboxylic acids is 4. The largest absolute Gasteiger partial charge is 0.480 e. The van der Waals surface area contributed by atoms with E-state index in [0.29, 0.717) is 0 Å². The molecule has 0 aliphatic carbocycles. The number of rotatable bonds is 13. The van der Waals surface area contributed by atoms with E-state index in [2.05, 4.69) is 16.0 Å². The Hall–Kier alpha value is -2.69. The second-order valence-corrected chi connectivity index (χ2v) is 8.11. The van der Waals surface area contributed by atoms with Crippen molar-refractivity contribution in [3.05, 3.63) is 0 Å². The van der Waals surface area contributed by atoms with Gasteiger partial charge in [0, 0.05) is 6.42 Å².